The second-order valence-electron chi connectivity index (χ2n) is 5.00. The van der Waals surface area contributed by atoms with Crippen LogP contribution in [0.5, 0.6) is 0 Å². The van der Waals surface area contributed by atoms with Gasteiger partial charge in [0, 0.05) is 23.5 Å². The van der Waals surface area contributed by atoms with Gasteiger partial charge in [-0.2, -0.15) is 5.26 Å². The maximum absolute atomic E-state index is 9.09. The highest BCUT2D eigenvalue weighted by molar-refractivity contribution is 6.30. The number of nitrogens with zero attached hydrogens (tertiary/aromatic N) is 1. The van der Waals surface area contributed by atoms with E-state index in [9.17, 15) is 0 Å². The van der Waals surface area contributed by atoms with Gasteiger partial charge in [-0.05, 0) is 30.5 Å². The van der Waals surface area contributed by atoms with Crippen LogP contribution in [-0.2, 0) is 6.54 Å². The van der Waals surface area contributed by atoms with Gasteiger partial charge in [0.15, 0.2) is 5.22 Å². The number of hydrogen-bond acceptors (Lipinski definition) is 3. The molecule has 0 radical (unpaired) electrons. The molecule has 2 atom stereocenters. The van der Waals surface area contributed by atoms with Gasteiger partial charge in [-0.15, -0.1) is 0 Å². The lowest BCUT2D eigenvalue weighted by Crippen LogP contribution is -2.31. The average molecular weight is 275 g/mol. The van der Waals surface area contributed by atoms with Crippen LogP contribution >= 0.6 is 11.6 Å². The van der Waals surface area contributed by atoms with Gasteiger partial charge in [0.2, 0.25) is 0 Å². The van der Waals surface area contributed by atoms with Crippen molar-refractivity contribution in [3.05, 3.63) is 35.0 Å². The van der Waals surface area contributed by atoms with Crippen LogP contribution in [0.4, 0.5) is 0 Å². The SMILES string of the molecule is N#CC1CCCC1NCc1c(Cl)oc2ccccc12. The molecule has 0 amide bonds. The fourth-order valence-corrected chi connectivity index (χ4v) is 3.08. The smallest absolute Gasteiger partial charge is 0.199 e. The molecule has 2 aromatic rings. The molecule has 2 unspecified atom stereocenters. The first-order valence-electron chi connectivity index (χ1n) is 6.58. The molecule has 0 spiro atoms. The topological polar surface area (TPSA) is 49.0 Å². The van der Waals surface area contributed by atoms with Crippen LogP contribution in [0.3, 0.4) is 0 Å². The molecule has 1 aromatic carbocycles. The first-order chi connectivity index (χ1) is 9.29. The Labute approximate surface area is 117 Å². The summed E-state index contributed by atoms with van der Waals surface area (Å²) in [5, 5.41) is 14.0. The maximum Gasteiger partial charge on any atom is 0.199 e. The van der Waals surface area contributed by atoms with E-state index in [-0.39, 0.29) is 12.0 Å². The zero-order valence-electron chi connectivity index (χ0n) is 10.5. The zero-order valence-corrected chi connectivity index (χ0v) is 11.3. The quantitative estimate of drug-likeness (QED) is 0.924. The third-order valence-electron chi connectivity index (χ3n) is 3.87. The Bertz CT molecular complexity index is 629. The predicted octanol–water partition coefficient (Wildman–Crippen LogP) is 3.87. The van der Waals surface area contributed by atoms with Gasteiger partial charge in [0.05, 0.1) is 12.0 Å². The molecule has 3 rings (SSSR count). The summed E-state index contributed by atoms with van der Waals surface area (Å²) in [5.41, 5.74) is 1.80. The summed E-state index contributed by atoms with van der Waals surface area (Å²) in [5.74, 6) is 0.122. The van der Waals surface area contributed by atoms with Gasteiger partial charge >= 0.3 is 0 Å². The van der Waals surface area contributed by atoms with Crippen molar-refractivity contribution in [1.29, 1.82) is 5.26 Å². The van der Waals surface area contributed by atoms with E-state index in [4.69, 9.17) is 21.3 Å². The summed E-state index contributed by atoms with van der Waals surface area (Å²) < 4.78 is 5.53. The molecule has 1 heterocycles. The van der Waals surface area contributed by atoms with Crippen LogP contribution in [0.25, 0.3) is 11.0 Å². The van der Waals surface area contributed by atoms with Crippen molar-refractivity contribution in [2.45, 2.75) is 31.8 Å². The molecule has 98 valence electrons. The molecule has 1 aromatic heterocycles. The van der Waals surface area contributed by atoms with Crippen LogP contribution in [0.1, 0.15) is 24.8 Å². The van der Waals surface area contributed by atoms with E-state index < -0.39 is 0 Å². The Hall–Kier alpha value is -1.50. The summed E-state index contributed by atoms with van der Waals surface area (Å²) in [7, 11) is 0. The highest BCUT2D eigenvalue weighted by Gasteiger charge is 2.27. The van der Waals surface area contributed by atoms with Crippen molar-refractivity contribution in [3.63, 3.8) is 0 Å². The summed E-state index contributed by atoms with van der Waals surface area (Å²) in [6.45, 7) is 0.651. The van der Waals surface area contributed by atoms with Crippen LogP contribution in [-0.4, -0.2) is 6.04 Å². The van der Waals surface area contributed by atoms with Gasteiger partial charge in [-0.1, -0.05) is 24.6 Å². The van der Waals surface area contributed by atoms with Gasteiger partial charge < -0.3 is 9.73 Å². The normalized spacial score (nSPS) is 22.7. The fourth-order valence-electron chi connectivity index (χ4n) is 2.83. The number of benzene rings is 1. The monoisotopic (exact) mass is 274 g/mol. The van der Waals surface area contributed by atoms with Crippen molar-refractivity contribution in [2.75, 3.05) is 0 Å². The number of nitriles is 1. The Morgan fingerprint density at radius 3 is 3.05 bits per heavy atom. The lowest BCUT2D eigenvalue weighted by Gasteiger charge is -2.15. The minimum Gasteiger partial charge on any atom is -0.444 e. The Balaban J connectivity index is 1.79. The molecule has 19 heavy (non-hydrogen) atoms. The summed E-state index contributed by atoms with van der Waals surface area (Å²) >= 11 is 6.15. The largest absolute Gasteiger partial charge is 0.444 e. The van der Waals surface area contributed by atoms with Crippen LogP contribution < -0.4 is 5.32 Å². The Morgan fingerprint density at radius 1 is 1.37 bits per heavy atom. The van der Waals surface area contributed by atoms with Crippen molar-refractivity contribution in [3.8, 4) is 6.07 Å². The summed E-state index contributed by atoms with van der Waals surface area (Å²) in [4.78, 5) is 0. The van der Waals surface area contributed by atoms with Crippen molar-refractivity contribution in [1.82, 2.24) is 5.32 Å². The number of furan rings is 1. The molecule has 0 saturated heterocycles. The van der Waals surface area contributed by atoms with Crippen molar-refractivity contribution >= 4 is 22.6 Å². The molecular weight excluding hydrogens is 260 g/mol. The molecule has 4 heteroatoms. The zero-order chi connectivity index (χ0) is 13.2. The summed E-state index contributed by atoms with van der Waals surface area (Å²) in [6.07, 6.45) is 3.18. The molecule has 3 nitrogen and oxygen atoms in total. The van der Waals surface area contributed by atoms with E-state index >= 15 is 0 Å². The average Bonchev–Trinajstić information content (AvgIpc) is 2.99. The van der Waals surface area contributed by atoms with Crippen LogP contribution in [0.2, 0.25) is 5.22 Å². The summed E-state index contributed by atoms with van der Waals surface area (Å²) in [6, 6.07) is 10.5. The molecule has 0 aliphatic heterocycles. The molecular formula is C15H15ClN2O. The first-order valence-corrected chi connectivity index (χ1v) is 6.96. The third kappa shape index (κ3) is 2.34. The maximum atomic E-state index is 9.09. The van der Waals surface area contributed by atoms with E-state index in [2.05, 4.69) is 11.4 Å². The second kappa shape index (κ2) is 5.24. The number of fused-ring (bicyclic) bond motifs is 1. The van der Waals surface area contributed by atoms with E-state index in [0.29, 0.717) is 11.8 Å². The second-order valence-corrected chi connectivity index (χ2v) is 5.35. The van der Waals surface area contributed by atoms with Gasteiger partial charge in [0.1, 0.15) is 5.58 Å². The highest BCUT2D eigenvalue weighted by atomic mass is 35.5. The number of halogens is 1. The van der Waals surface area contributed by atoms with Crippen LogP contribution in [0.15, 0.2) is 28.7 Å². The number of rotatable bonds is 3. The standard InChI is InChI=1S/C15H15ClN2O/c16-15-12(11-5-1-2-7-14(11)19-15)9-18-13-6-3-4-10(13)8-17/h1-2,5,7,10,13,18H,3-4,6,9H2. The van der Waals surface area contributed by atoms with E-state index in [1.165, 1.54) is 0 Å². The number of hydrogen-bond donors (Lipinski definition) is 1. The Kier molecular flexibility index (Phi) is 3.46. The highest BCUT2D eigenvalue weighted by Crippen LogP contribution is 2.31. The van der Waals surface area contributed by atoms with Gasteiger partial charge in [-0.3, -0.25) is 0 Å². The predicted molar refractivity (Wildman–Crippen MR) is 74.8 cm³/mol. The fraction of sp³-hybridized carbons (Fsp3) is 0.400. The molecule has 1 saturated carbocycles. The number of nitrogens with one attached hydrogen (secondary N) is 1. The van der Waals surface area contributed by atoms with Crippen molar-refractivity contribution < 1.29 is 4.42 Å². The minimum atomic E-state index is 0.122. The van der Waals surface area contributed by atoms with E-state index in [1.807, 2.05) is 24.3 Å². The van der Waals surface area contributed by atoms with E-state index in [0.717, 1.165) is 35.8 Å². The molecule has 1 aliphatic rings. The molecule has 1 fully saturated rings. The lowest BCUT2D eigenvalue weighted by molar-refractivity contribution is 0.463. The van der Waals surface area contributed by atoms with E-state index in [1.54, 1.807) is 0 Å². The van der Waals surface area contributed by atoms with Gasteiger partial charge in [-0.25, -0.2) is 0 Å². The Morgan fingerprint density at radius 2 is 2.21 bits per heavy atom. The van der Waals surface area contributed by atoms with Crippen molar-refractivity contribution in [2.24, 2.45) is 5.92 Å². The number of para-hydroxylation sites is 1. The molecule has 1 aliphatic carbocycles. The molecule has 0 bridgehead atoms. The third-order valence-corrected chi connectivity index (χ3v) is 4.18. The first kappa shape index (κ1) is 12.5. The van der Waals surface area contributed by atoms with Gasteiger partial charge in [0.25, 0.3) is 0 Å². The minimum absolute atomic E-state index is 0.122. The van der Waals surface area contributed by atoms with Crippen LogP contribution in [0, 0.1) is 17.2 Å². The lowest BCUT2D eigenvalue weighted by atomic mass is 10.1. The molecule has 1 N–H and O–H groups in total.